The lowest BCUT2D eigenvalue weighted by molar-refractivity contribution is -0.116. The van der Waals surface area contributed by atoms with Crippen LogP contribution in [0.25, 0.3) is 0 Å². The minimum atomic E-state index is -0.0834. The van der Waals surface area contributed by atoms with E-state index in [0.717, 1.165) is 31.9 Å². The van der Waals surface area contributed by atoms with Gasteiger partial charge in [0.05, 0.1) is 24.5 Å². The van der Waals surface area contributed by atoms with Crippen molar-refractivity contribution in [1.82, 2.24) is 0 Å². The van der Waals surface area contributed by atoms with Crippen molar-refractivity contribution in [3.8, 4) is 6.07 Å². The third-order valence-corrected chi connectivity index (χ3v) is 4.27. The maximum atomic E-state index is 12.1. The Bertz CT molecular complexity index is 759. The molecule has 1 aliphatic heterocycles. The summed E-state index contributed by atoms with van der Waals surface area (Å²) in [6, 6.07) is 17.5. The SMILES string of the molecule is N#Cc1ccccc1NC(=O)CCc1ccc(N2CCOCC2)cc1. The van der Waals surface area contributed by atoms with E-state index < -0.39 is 0 Å². The zero-order valence-corrected chi connectivity index (χ0v) is 14.1. The molecule has 0 aromatic heterocycles. The van der Waals surface area contributed by atoms with Gasteiger partial charge in [-0.1, -0.05) is 24.3 Å². The van der Waals surface area contributed by atoms with Crippen molar-refractivity contribution in [2.24, 2.45) is 0 Å². The van der Waals surface area contributed by atoms with Crippen molar-refractivity contribution in [2.75, 3.05) is 36.5 Å². The average Bonchev–Trinajstić information content (AvgIpc) is 2.68. The van der Waals surface area contributed by atoms with Gasteiger partial charge in [0.15, 0.2) is 0 Å². The first-order valence-corrected chi connectivity index (χ1v) is 8.47. The van der Waals surface area contributed by atoms with Crippen molar-refractivity contribution in [1.29, 1.82) is 5.26 Å². The molecule has 5 nitrogen and oxygen atoms in total. The molecule has 1 aliphatic rings. The molecule has 0 spiro atoms. The number of carbonyl (C=O) groups excluding carboxylic acids is 1. The molecule has 1 amide bonds. The van der Waals surface area contributed by atoms with E-state index in [9.17, 15) is 4.79 Å². The molecule has 0 unspecified atom stereocenters. The van der Waals surface area contributed by atoms with E-state index in [1.54, 1.807) is 24.3 Å². The summed E-state index contributed by atoms with van der Waals surface area (Å²) >= 11 is 0. The molecule has 0 atom stereocenters. The van der Waals surface area contributed by atoms with Crippen LogP contribution in [0.2, 0.25) is 0 Å². The fraction of sp³-hybridized carbons (Fsp3) is 0.300. The van der Waals surface area contributed by atoms with Crippen molar-refractivity contribution in [2.45, 2.75) is 12.8 Å². The first-order chi connectivity index (χ1) is 12.3. The lowest BCUT2D eigenvalue weighted by Gasteiger charge is -2.28. The van der Waals surface area contributed by atoms with Gasteiger partial charge in [-0.2, -0.15) is 5.26 Å². The van der Waals surface area contributed by atoms with Gasteiger partial charge in [0, 0.05) is 25.2 Å². The van der Waals surface area contributed by atoms with E-state index in [0.29, 0.717) is 24.1 Å². The number of hydrogen-bond acceptors (Lipinski definition) is 4. The second kappa shape index (κ2) is 8.32. The molecule has 1 saturated heterocycles. The van der Waals surface area contributed by atoms with Crippen molar-refractivity contribution >= 4 is 17.3 Å². The van der Waals surface area contributed by atoms with Crippen LogP contribution in [0.4, 0.5) is 11.4 Å². The molecular weight excluding hydrogens is 314 g/mol. The molecule has 25 heavy (non-hydrogen) atoms. The van der Waals surface area contributed by atoms with E-state index in [-0.39, 0.29) is 5.91 Å². The van der Waals surface area contributed by atoms with Crippen LogP contribution in [0.5, 0.6) is 0 Å². The highest BCUT2D eigenvalue weighted by Crippen LogP contribution is 2.18. The van der Waals surface area contributed by atoms with Crippen LogP contribution in [-0.2, 0) is 16.0 Å². The third-order valence-electron chi connectivity index (χ3n) is 4.27. The Morgan fingerprint density at radius 1 is 1.12 bits per heavy atom. The van der Waals surface area contributed by atoms with Crippen LogP contribution < -0.4 is 10.2 Å². The Balaban J connectivity index is 1.52. The van der Waals surface area contributed by atoms with E-state index in [4.69, 9.17) is 10.00 Å². The standard InChI is InChI=1S/C20H21N3O2/c21-15-17-3-1-2-4-19(17)22-20(24)10-7-16-5-8-18(9-6-16)23-11-13-25-14-12-23/h1-6,8-9H,7,10-14H2,(H,22,24). The van der Waals surface area contributed by atoms with Gasteiger partial charge in [0.2, 0.25) is 5.91 Å². The molecule has 0 radical (unpaired) electrons. The fourth-order valence-electron chi connectivity index (χ4n) is 2.86. The molecule has 3 rings (SSSR count). The normalized spacial score (nSPS) is 14.0. The van der Waals surface area contributed by atoms with Crippen LogP contribution in [0.15, 0.2) is 48.5 Å². The number of amides is 1. The molecule has 0 bridgehead atoms. The number of morpholine rings is 1. The molecule has 0 aliphatic carbocycles. The van der Waals surface area contributed by atoms with Gasteiger partial charge in [-0.3, -0.25) is 4.79 Å². The lowest BCUT2D eigenvalue weighted by atomic mass is 10.1. The third kappa shape index (κ3) is 4.59. The Morgan fingerprint density at radius 2 is 1.84 bits per heavy atom. The van der Waals surface area contributed by atoms with E-state index >= 15 is 0 Å². The summed E-state index contributed by atoms with van der Waals surface area (Å²) in [5.41, 5.74) is 3.36. The molecule has 0 saturated carbocycles. The van der Waals surface area contributed by atoms with Crippen LogP contribution >= 0.6 is 0 Å². The van der Waals surface area contributed by atoms with E-state index in [1.165, 1.54) is 5.69 Å². The number of anilines is 2. The fourth-order valence-corrected chi connectivity index (χ4v) is 2.86. The number of hydrogen-bond donors (Lipinski definition) is 1. The zero-order chi connectivity index (χ0) is 17.5. The molecule has 1 heterocycles. The Morgan fingerprint density at radius 3 is 2.56 bits per heavy atom. The molecule has 1 fully saturated rings. The molecular formula is C20H21N3O2. The van der Waals surface area contributed by atoms with Crippen molar-refractivity contribution < 1.29 is 9.53 Å². The highest BCUT2D eigenvalue weighted by Gasteiger charge is 2.11. The Kier molecular flexibility index (Phi) is 5.65. The monoisotopic (exact) mass is 335 g/mol. The maximum Gasteiger partial charge on any atom is 0.224 e. The second-order valence-electron chi connectivity index (χ2n) is 5.97. The topological polar surface area (TPSA) is 65.4 Å². The predicted octanol–water partition coefficient (Wildman–Crippen LogP) is 2.97. The number of rotatable bonds is 5. The number of nitrogens with one attached hydrogen (secondary N) is 1. The maximum absolute atomic E-state index is 12.1. The van der Waals surface area contributed by atoms with Gasteiger partial charge in [-0.15, -0.1) is 0 Å². The number of ether oxygens (including phenoxy) is 1. The van der Waals surface area contributed by atoms with E-state index in [2.05, 4.69) is 40.6 Å². The van der Waals surface area contributed by atoms with Crippen molar-refractivity contribution in [3.63, 3.8) is 0 Å². The highest BCUT2D eigenvalue weighted by molar-refractivity contribution is 5.92. The quantitative estimate of drug-likeness (QED) is 0.912. The number of para-hydroxylation sites is 1. The van der Waals surface area contributed by atoms with Gasteiger partial charge in [0.1, 0.15) is 6.07 Å². The summed E-state index contributed by atoms with van der Waals surface area (Å²) < 4.78 is 5.37. The summed E-state index contributed by atoms with van der Waals surface area (Å²) in [7, 11) is 0. The van der Waals surface area contributed by atoms with Crippen LogP contribution in [-0.4, -0.2) is 32.2 Å². The summed E-state index contributed by atoms with van der Waals surface area (Å²) in [6.45, 7) is 3.37. The lowest BCUT2D eigenvalue weighted by Crippen LogP contribution is -2.36. The number of nitrogens with zero attached hydrogens (tertiary/aromatic N) is 2. The van der Waals surface area contributed by atoms with Gasteiger partial charge in [0.25, 0.3) is 0 Å². The van der Waals surface area contributed by atoms with Gasteiger partial charge >= 0.3 is 0 Å². The molecule has 2 aromatic carbocycles. The molecule has 128 valence electrons. The summed E-state index contributed by atoms with van der Waals surface area (Å²) in [4.78, 5) is 14.4. The summed E-state index contributed by atoms with van der Waals surface area (Å²) in [5, 5.41) is 11.9. The zero-order valence-electron chi connectivity index (χ0n) is 14.1. The summed E-state index contributed by atoms with van der Waals surface area (Å²) in [5.74, 6) is -0.0834. The average molecular weight is 335 g/mol. The first kappa shape index (κ1) is 17.0. The second-order valence-corrected chi connectivity index (χ2v) is 5.97. The number of aryl methyl sites for hydroxylation is 1. The smallest absolute Gasteiger partial charge is 0.224 e. The molecule has 1 N–H and O–H groups in total. The number of nitriles is 1. The van der Waals surface area contributed by atoms with Gasteiger partial charge in [-0.25, -0.2) is 0 Å². The predicted molar refractivity (Wildman–Crippen MR) is 97.6 cm³/mol. The van der Waals surface area contributed by atoms with Crippen LogP contribution in [0.3, 0.4) is 0 Å². The van der Waals surface area contributed by atoms with Crippen molar-refractivity contribution in [3.05, 3.63) is 59.7 Å². The van der Waals surface area contributed by atoms with Crippen LogP contribution in [0.1, 0.15) is 17.5 Å². The van der Waals surface area contributed by atoms with Gasteiger partial charge in [-0.05, 0) is 36.2 Å². The number of benzene rings is 2. The van der Waals surface area contributed by atoms with E-state index in [1.807, 2.05) is 0 Å². The Hall–Kier alpha value is -2.84. The first-order valence-electron chi connectivity index (χ1n) is 8.47. The molecule has 2 aromatic rings. The number of carbonyl (C=O) groups is 1. The van der Waals surface area contributed by atoms with Crippen LogP contribution in [0, 0.1) is 11.3 Å². The largest absolute Gasteiger partial charge is 0.378 e. The van der Waals surface area contributed by atoms with Gasteiger partial charge < -0.3 is 15.0 Å². The highest BCUT2D eigenvalue weighted by atomic mass is 16.5. The Labute approximate surface area is 147 Å². The minimum Gasteiger partial charge on any atom is -0.378 e. The minimum absolute atomic E-state index is 0.0834. The molecule has 5 heteroatoms. The summed E-state index contributed by atoms with van der Waals surface area (Å²) in [6.07, 6.45) is 1.06.